The highest BCUT2D eigenvalue weighted by Gasteiger charge is 2.64. The lowest BCUT2D eigenvalue weighted by Crippen LogP contribution is -2.62. The zero-order chi connectivity index (χ0) is 26.1. The Labute approximate surface area is 220 Å². The molecule has 11 atom stereocenters. The van der Waals surface area contributed by atoms with E-state index in [1.807, 2.05) is 0 Å². The predicted molar refractivity (Wildman–Crippen MR) is 144 cm³/mol. The molecular formula is C31H55NO4. The third-order valence-corrected chi connectivity index (χ3v) is 12.0. The Morgan fingerprint density at radius 2 is 1.72 bits per heavy atom. The normalized spacial score (nSPS) is 44.8. The summed E-state index contributed by atoms with van der Waals surface area (Å²) in [6, 6.07) is 0. The van der Waals surface area contributed by atoms with E-state index in [2.05, 4.69) is 39.9 Å². The molecule has 4 fully saturated rings. The monoisotopic (exact) mass is 505 g/mol. The van der Waals surface area contributed by atoms with E-state index in [0.29, 0.717) is 54.6 Å². The average Bonchev–Trinajstić information content (AvgIpc) is 3.20. The number of aliphatic hydroxyl groups is 2. The lowest BCUT2D eigenvalue weighted by atomic mass is 9.41. The van der Waals surface area contributed by atoms with Gasteiger partial charge in [0.25, 0.3) is 0 Å². The van der Waals surface area contributed by atoms with Gasteiger partial charge in [-0.2, -0.15) is 0 Å². The molecule has 0 aromatic carbocycles. The van der Waals surface area contributed by atoms with Crippen LogP contribution in [0.25, 0.3) is 0 Å². The van der Waals surface area contributed by atoms with Gasteiger partial charge in [0.15, 0.2) is 0 Å². The summed E-state index contributed by atoms with van der Waals surface area (Å²) in [4.78, 5) is 12.0. The van der Waals surface area contributed by atoms with Crippen molar-refractivity contribution in [3.63, 3.8) is 0 Å². The van der Waals surface area contributed by atoms with Crippen LogP contribution in [0.1, 0.15) is 112 Å². The van der Waals surface area contributed by atoms with E-state index < -0.39 is 0 Å². The summed E-state index contributed by atoms with van der Waals surface area (Å²) >= 11 is 0. The lowest BCUT2D eigenvalue weighted by Gasteiger charge is -2.64. The molecule has 5 nitrogen and oxygen atoms in total. The topological polar surface area (TPSA) is 78.8 Å². The highest BCUT2D eigenvalue weighted by molar-refractivity contribution is 5.66. The van der Waals surface area contributed by atoms with Crippen LogP contribution in [0.5, 0.6) is 0 Å². The van der Waals surface area contributed by atoms with Crippen molar-refractivity contribution in [1.29, 1.82) is 0 Å². The summed E-state index contributed by atoms with van der Waals surface area (Å²) in [6.07, 6.45) is 12.4. The first kappa shape index (κ1) is 28.2. The second kappa shape index (κ2) is 11.5. The molecule has 0 saturated heterocycles. The van der Waals surface area contributed by atoms with Gasteiger partial charge in [0, 0.05) is 6.54 Å². The van der Waals surface area contributed by atoms with Crippen LogP contribution in [0.15, 0.2) is 0 Å². The molecule has 3 N–H and O–H groups in total. The molecular weight excluding hydrogens is 450 g/mol. The molecule has 0 aromatic heterocycles. The largest absolute Gasteiger partial charge is 0.450 e. The van der Waals surface area contributed by atoms with E-state index >= 15 is 0 Å². The number of aliphatic hydroxyl groups excluding tert-OH is 2. The molecule has 0 aliphatic heterocycles. The van der Waals surface area contributed by atoms with Crippen LogP contribution in [0.3, 0.4) is 0 Å². The Kier molecular flexibility index (Phi) is 9.02. The minimum Gasteiger partial charge on any atom is -0.450 e. The van der Waals surface area contributed by atoms with E-state index in [1.54, 1.807) is 0 Å². The van der Waals surface area contributed by atoms with Crippen LogP contribution in [0.2, 0.25) is 0 Å². The maximum atomic E-state index is 12.0. The molecule has 4 aliphatic carbocycles. The van der Waals surface area contributed by atoms with Gasteiger partial charge >= 0.3 is 6.09 Å². The van der Waals surface area contributed by atoms with Crippen molar-refractivity contribution >= 4 is 6.09 Å². The van der Waals surface area contributed by atoms with Gasteiger partial charge in [-0.05, 0) is 110 Å². The summed E-state index contributed by atoms with van der Waals surface area (Å²) in [5, 5.41) is 25.2. The first-order valence-electron chi connectivity index (χ1n) is 15.4. The van der Waals surface area contributed by atoms with Crippen LogP contribution < -0.4 is 5.32 Å². The van der Waals surface area contributed by atoms with Crippen molar-refractivity contribution in [2.24, 2.45) is 52.3 Å². The van der Waals surface area contributed by atoms with Crippen molar-refractivity contribution < 1.29 is 19.7 Å². The summed E-state index contributed by atoms with van der Waals surface area (Å²) in [7, 11) is 0. The van der Waals surface area contributed by atoms with E-state index in [1.165, 1.54) is 25.7 Å². The molecule has 0 bridgehead atoms. The zero-order valence-corrected chi connectivity index (χ0v) is 23.8. The van der Waals surface area contributed by atoms with Crippen molar-refractivity contribution in [1.82, 2.24) is 5.32 Å². The number of hydrogen-bond donors (Lipinski definition) is 3. The zero-order valence-electron chi connectivity index (χ0n) is 23.8. The SMILES string of the molecule is CCCCCNC(=O)OCC[C@@H](C)[C@H]1CC[C@H]2[C@@H]3[C@H](O)[C@H](CC)[C@@H]4C[C@H](O)CC[C@]4(C)[C@H]3CC[C@]12C. The quantitative estimate of drug-likeness (QED) is 0.310. The number of hydrogen-bond acceptors (Lipinski definition) is 4. The van der Waals surface area contributed by atoms with Gasteiger partial charge in [-0.25, -0.2) is 4.79 Å². The third-order valence-electron chi connectivity index (χ3n) is 12.0. The molecule has 0 aromatic rings. The fourth-order valence-electron chi connectivity index (χ4n) is 10.1. The molecule has 4 saturated carbocycles. The molecule has 0 unspecified atom stereocenters. The first-order chi connectivity index (χ1) is 17.2. The smallest absolute Gasteiger partial charge is 0.407 e. The predicted octanol–water partition coefficient (Wildman–Crippen LogP) is 6.56. The Balaban J connectivity index is 1.40. The number of carbonyl (C=O) groups excluding carboxylic acids is 1. The van der Waals surface area contributed by atoms with Gasteiger partial charge in [0.2, 0.25) is 0 Å². The van der Waals surface area contributed by atoms with Gasteiger partial charge in [-0.1, -0.05) is 53.9 Å². The van der Waals surface area contributed by atoms with Gasteiger partial charge in [-0.15, -0.1) is 0 Å². The molecule has 0 radical (unpaired) electrons. The van der Waals surface area contributed by atoms with Gasteiger partial charge in [-0.3, -0.25) is 0 Å². The summed E-state index contributed by atoms with van der Waals surface area (Å²) in [5.41, 5.74) is 0.521. The Bertz CT molecular complexity index is 744. The Morgan fingerprint density at radius 1 is 1.00 bits per heavy atom. The third kappa shape index (κ3) is 5.09. The summed E-state index contributed by atoms with van der Waals surface area (Å²) in [6.45, 7) is 13.0. The van der Waals surface area contributed by atoms with Crippen LogP contribution >= 0.6 is 0 Å². The number of nitrogens with one attached hydrogen (secondary N) is 1. The van der Waals surface area contributed by atoms with Crippen molar-refractivity contribution in [3.8, 4) is 0 Å². The fraction of sp³-hybridized carbons (Fsp3) is 0.968. The van der Waals surface area contributed by atoms with E-state index in [0.717, 1.165) is 51.4 Å². The molecule has 0 heterocycles. The van der Waals surface area contributed by atoms with Gasteiger partial charge in [0.1, 0.15) is 0 Å². The number of alkyl carbamates (subject to hydrolysis) is 1. The maximum absolute atomic E-state index is 12.0. The molecule has 4 rings (SSSR count). The highest BCUT2D eigenvalue weighted by atomic mass is 16.5. The average molecular weight is 506 g/mol. The molecule has 4 aliphatic rings. The minimum atomic E-state index is -0.273. The Hall–Kier alpha value is -0.810. The molecule has 208 valence electrons. The minimum absolute atomic E-state index is 0.188. The first-order valence-corrected chi connectivity index (χ1v) is 15.4. The highest BCUT2D eigenvalue weighted by Crippen LogP contribution is 2.69. The molecule has 36 heavy (non-hydrogen) atoms. The maximum Gasteiger partial charge on any atom is 0.407 e. The number of unbranched alkanes of at least 4 members (excludes halogenated alkanes) is 2. The number of fused-ring (bicyclic) bond motifs is 5. The summed E-state index contributed by atoms with van der Waals surface area (Å²) < 4.78 is 5.52. The van der Waals surface area contributed by atoms with Crippen LogP contribution in [0.4, 0.5) is 4.79 Å². The standard InChI is InChI=1S/C31H55NO4/c1-6-8-9-17-32-29(35)36-18-14-20(3)23-10-11-24-27-25(13-16-30(23,24)4)31(5)15-12-21(33)19-26(31)22(7-2)28(27)34/h20-28,33-34H,6-19H2,1-5H3,(H,32,35)/t20-,21-,22-,23-,24+,25+,26+,27+,28-,30-,31-/m1/s1. The lowest BCUT2D eigenvalue weighted by molar-refractivity contribution is -0.203. The second-order valence-electron chi connectivity index (χ2n) is 13.7. The van der Waals surface area contributed by atoms with Crippen molar-refractivity contribution in [2.45, 2.75) is 124 Å². The Morgan fingerprint density at radius 3 is 2.44 bits per heavy atom. The molecule has 5 heteroatoms. The second-order valence-corrected chi connectivity index (χ2v) is 13.7. The number of carbonyl (C=O) groups is 1. The molecule has 0 spiro atoms. The van der Waals surface area contributed by atoms with E-state index in [-0.39, 0.29) is 29.1 Å². The van der Waals surface area contributed by atoms with Gasteiger partial charge < -0.3 is 20.3 Å². The fourth-order valence-corrected chi connectivity index (χ4v) is 10.1. The van der Waals surface area contributed by atoms with Crippen LogP contribution in [0, 0.1) is 52.3 Å². The van der Waals surface area contributed by atoms with Gasteiger partial charge in [0.05, 0.1) is 18.8 Å². The van der Waals surface area contributed by atoms with Crippen LogP contribution in [-0.2, 0) is 4.74 Å². The van der Waals surface area contributed by atoms with Crippen molar-refractivity contribution in [3.05, 3.63) is 0 Å². The number of ether oxygens (including phenoxy) is 1. The number of rotatable bonds is 9. The summed E-state index contributed by atoms with van der Waals surface area (Å²) in [5.74, 6) is 3.47. The van der Waals surface area contributed by atoms with Crippen LogP contribution in [-0.4, -0.2) is 41.7 Å². The van der Waals surface area contributed by atoms with E-state index in [4.69, 9.17) is 4.74 Å². The number of amides is 1. The molecule has 1 amide bonds. The van der Waals surface area contributed by atoms with E-state index in [9.17, 15) is 15.0 Å². The van der Waals surface area contributed by atoms with Crippen molar-refractivity contribution in [2.75, 3.05) is 13.2 Å².